The van der Waals surface area contributed by atoms with E-state index in [1.54, 1.807) is 6.20 Å². The Hall–Kier alpha value is -0.640. The Morgan fingerprint density at radius 1 is 1.80 bits per heavy atom. The van der Waals surface area contributed by atoms with Crippen LogP contribution in [0.15, 0.2) is 15.6 Å². The van der Waals surface area contributed by atoms with Crippen molar-refractivity contribution in [3.8, 4) is 0 Å². The number of halogens is 1. The fourth-order valence-corrected chi connectivity index (χ4v) is 1.20. The van der Waals surface area contributed by atoms with E-state index >= 15 is 0 Å². The summed E-state index contributed by atoms with van der Waals surface area (Å²) in [6.07, 6.45) is 2.44. The molecule has 1 N–H and O–H groups in total. The lowest BCUT2D eigenvalue weighted by molar-refractivity contribution is 0.975. The average molecular weight is 203 g/mol. The minimum Gasteiger partial charge on any atom is -0.300 e. The molecule has 1 heterocycles. The van der Waals surface area contributed by atoms with Crippen LogP contribution in [-0.2, 0) is 6.42 Å². The van der Waals surface area contributed by atoms with Crippen molar-refractivity contribution in [3.05, 3.63) is 26.8 Å². The van der Waals surface area contributed by atoms with Gasteiger partial charge in [-0.3, -0.25) is 4.98 Å². The van der Waals surface area contributed by atoms with Gasteiger partial charge in [0.05, 0.1) is 4.60 Å². The molecule has 1 aromatic rings. The first-order valence-corrected chi connectivity index (χ1v) is 3.77. The summed E-state index contributed by atoms with van der Waals surface area (Å²) in [7, 11) is 0. The van der Waals surface area contributed by atoms with Gasteiger partial charge in [0.1, 0.15) is 0 Å². The number of H-pyrrole nitrogens is 1. The zero-order chi connectivity index (χ0) is 7.56. The van der Waals surface area contributed by atoms with Gasteiger partial charge in [-0.2, -0.15) is 0 Å². The van der Waals surface area contributed by atoms with Crippen molar-refractivity contribution in [3.63, 3.8) is 0 Å². The predicted molar refractivity (Wildman–Crippen MR) is 41.9 cm³/mol. The highest BCUT2D eigenvalue weighted by atomic mass is 79.9. The fourth-order valence-electron chi connectivity index (χ4n) is 0.646. The second-order valence-electron chi connectivity index (χ2n) is 1.88. The molecule has 0 radical (unpaired) electrons. The molecule has 1 aromatic heterocycles. The van der Waals surface area contributed by atoms with Gasteiger partial charge in [0.2, 0.25) is 0 Å². The third-order valence-corrected chi connectivity index (χ3v) is 1.92. The summed E-state index contributed by atoms with van der Waals surface area (Å²) >= 11 is 3.21. The molecule has 0 aromatic carbocycles. The van der Waals surface area contributed by atoms with E-state index in [4.69, 9.17) is 0 Å². The van der Waals surface area contributed by atoms with Crippen LogP contribution < -0.4 is 5.69 Å². The first-order valence-electron chi connectivity index (χ1n) is 2.97. The number of hydrogen-bond acceptors (Lipinski definition) is 2. The Kier molecular flexibility index (Phi) is 2.21. The number of hydrogen-bond donors (Lipinski definition) is 1. The van der Waals surface area contributed by atoms with E-state index in [2.05, 4.69) is 25.9 Å². The molecule has 0 spiro atoms. The van der Waals surface area contributed by atoms with E-state index in [9.17, 15) is 4.79 Å². The first kappa shape index (κ1) is 7.47. The van der Waals surface area contributed by atoms with Gasteiger partial charge in [-0.1, -0.05) is 6.92 Å². The van der Waals surface area contributed by atoms with Gasteiger partial charge in [-0.25, -0.2) is 9.78 Å². The second-order valence-corrected chi connectivity index (χ2v) is 2.67. The molecule has 54 valence electrons. The summed E-state index contributed by atoms with van der Waals surface area (Å²) in [6, 6.07) is 0. The Balaban J connectivity index is 3.19. The van der Waals surface area contributed by atoms with Gasteiger partial charge < -0.3 is 0 Å². The third kappa shape index (κ3) is 1.44. The van der Waals surface area contributed by atoms with Gasteiger partial charge in [-0.05, 0) is 22.4 Å². The molecule has 0 atom stereocenters. The Morgan fingerprint density at radius 3 is 3.00 bits per heavy atom. The summed E-state index contributed by atoms with van der Waals surface area (Å²) in [5, 5.41) is 0. The number of nitrogens with one attached hydrogen (secondary N) is 1. The summed E-state index contributed by atoms with van der Waals surface area (Å²) in [4.78, 5) is 16.7. The molecule has 10 heavy (non-hydrogen) atoms. The van der Waals surface area contributed by atoms with Gasteiger partial charge in [0, 0.05) is 11.8 Å². The van der Waals surface area contributed by atoms with Gasteiger partial charge in [-0.15, -0.1) is 0 Å². The molecule has 4 heteroatoms. The molecule has 0 unspecified atom stereocenters. The lowest BCUT2D eigenvalue weighted by atomic mass is 10.3. The lowest BCUT2D eigenvalue weighted by Crippen LogP contribution is -2.10. The van der Waals surface area contributed by atoms with E-state index in [1.165, 1.54) is 0 Å². The summed E-state index contributed by atoms with van der Waals surface area (Å²) < 4.78 is 0.731. The molecule has 0 aliphatic rings. The topological polar surface area (TPSA) is 45.8 Å². The molecule has 0 saturated heterocycles. The van der Waals surface area contributed by atoms with Crippen LogP contribution in [0.25, 0.3) is 0 Å². The maximum Gasteiger partial charge on any atom is 0.345 e. The predicted octanol–water partition coefficient (Wildman–Crippen LogP) is 1.09. The third-order valence-electron chi connectivity index (χ3n) is 1.22. The smallest absolute Gasteiger partial charge is 0.300 e. The summed E-state index contributed by atoms with van der Waals surface area (Å²) in [6.45, 7) is 2.00. The summed E-state index contributed by atoms with van der Waals surface area (Å²) in [5.74, 6) is 0. The standard InChI is InChI=1S/C6H7BrN2O/c1-2-4-3-8-6(10)9-5(4)7/h3H,2H2,1H3,(H,8,9,10). The number of aromatic amines is 1. The van der Waals surface area contributed by atoms with E-state index < -0.39 is 0 Å². The molecule has 0 amide bonds. The van der Waals surface area contributed by atoms with Crippen LogP contribution in [-0.4, -0.2) is 9.97 Å². The molecule has 0 fully saturated rings. The highest BCUT2D eigenvalue weighted by Crippen LogP contribution is 2.09. The first-order chi connectivity index (χ1) is 4.74. The van der Waals surface area contributed by atoms with Crippen molar-refractivity contribution < 1.29 is 0 Å². The van der Waals surface area contributed by atoms with E-state index in [-0.39, 0.29) is 5.69 Å². The van der Waals surface area contributed by atoms with Crippen LogP contribution in [0.5, 0.6) is 0 Å². The fraction of sp³-hybridized carbons (Fsp3) is 0.333. The molecule has 0 aliphatic heterocycles. The highest BCUT2D eigenvalue weighted by molar-refractivity contribution is 9.10. The molecule has 0 saturated carbocycles. The molecular formula is C6H7BrN2O. The number of nitrogens with zero attached hydrogens (tertiary/aromatic N) is 1. The van der Waals surface area contributed by atoms with Crippen LogP contribution in [0.2, 0.25) is 0 Å². The van der Waals surface area contributed by atoms with Crippen molar-refractivity contribution in [2.75, 3.05) is 0 Å². The van der Waals surface area contributed by atoms with Crippen LogP contribution in [0, 0.1) is 0 Å². The lowest BCUT2D eigenvalue weighted by Gasteiger charge is -1.95. The maximum absolute atomic E-state index is 10.6. The quantitative estimate of drug-likeness (QED) is 0.694. The Morgan fingerprint density at radius 2 is 2.50 bits per heavy atom. The van der Waals surface area contributed by atoms with Crippen molar-refractivity contribution >= 4 is 15.9 Å². The van der Waals surface area contributed by atoms with E-state index in [1.807, 2.05) is 6.92 Å². The zero-order valence-corrected chi connectivity index (χ0v) is 7.10. The minimum absolute atomic E-state index is 0.316. The van der Waals surface area contributed by atoms with Crippen LogP contribution >= 0.6 is 15.9 Å². The minimum atomic E-state index is -0.316. The zero-order valence-electron chi connectivity index (χ0n) is 5.52. The maximum atomic E-state index is 10.6. The van der Waals surface area contributed by atoms with Gasteiger partial charge in [0.15, 0.2) is 0 Å². The Bertz CT molecular complexity index is 281. The second kappa shape index (κ2) is 2.96. The SMILES string of the molecule is CCc1cnc(=O)[nH]c1Br. The number of aryl methyl sites for hydroxylation is 1. The number of rotatable bonds is 1. The van der Waals surface area contributed by atoms with Gasteiger partial charge >= 0.3 is 5.69 Å². The Labute approximate surface area is 66.6 Å². The van der Waals surface area contributed by atoms with Crippen LogP contribution in [0.4, 0.5) is 0 Å². The highest BCUT2D eigenvalue weighted by Gasteiger charge is 1.96. The molecule has 0 aliphatic carbocycles. The van der Waals surface area contributed by atoms with E-state index in [0.29, 0.717) is 0 Å². The van der Waals surface area contributed by atoms with Crippen molar-refractivity contribution in [2.45, 2.75) is 13.3 Å². The van der Waals surface area contributed by atoms with Crippen molar-refractivity contribution in [1.29, 1.82) is 0 Å². The molecule has 3 nitrogen and oxygen atoms in total. The average Bonchev–Trinajstić information content (AvgIpc) is 1.88. The van der Waals surface area contributed by atoms with Crippen LogP contribution in [0.1, 0.15) is 12.5 Å². The van der Waals surface area contributed by atoms with Gasteiger partial charge in [0.25, 0.3) is 0 Å². The normalized spacial score (nSPS) is 9.80. The summed E-state index contributed by atoms with van der Waals surface area (Å²) in [5.41, 5.74) is 0.698. The largest absolute Gasteiger partial charge is 0.345 e. The molecular weight excluding hydrogens is 196 g/mol. The molecule has 0 bridgehead atoms. The van der Waals surface area contributed by atoms with Crippen LogP contribution in [0.3, 0.4) is 0 Å². The monoisotopic (exact) mass is 202 g/mol. The van der Waals surface area contributed by atoms with E-state index in [0.717, 1.165) is 16.6 Å². The van der Waals surface area contributed by atoms with Crippen molar-refractivity contribution in [1.82, 2.24) is 9.97 Å². The number of aromatic nitrogens is 2. The molecule has 1 rings (SSSR count). The van der Waals surface area contributed by atoms with Crippen molar-refractivity contribution in [2.24, 2.45) is 0 Å².